The number of benzene rings is 1. The van der Waals surface area contributed by atoms with Crippen molar-refractivity contribution in [2.45, 2.75) is 44.8 Å². The summed E-state index contributed by atoms with van der Waals surface area (Å²) < 4.78 is 18.5. The van der Waals surface area contributed by atoms with Crippen molar-refractivity contribution in [1.29, 1.82) is 0 Å². The Labute approximate surface area is 148 Å². The minimum Gasteiger partial charge on any atom is -0.338 e. The van der Waals surface area contributed by atoms with E-state index in [0.29, 0.717) is 11.9 Å². The van der Waals surface area contributed by atoms with Crippen molar-refractivity contribution < 1.29 is 8.91 Å². The van der Waals surface area contributed by atoms with E-state index in [4.69, 9.17) is 4.52 Å². The van der Waals surface area contributed by atoms with E-state index < -0.39 is 0 Å². The minimum atomic E-state index is -0.202. The van der Waals surface area contributed by atoms with Gasteiger partial charge in [0, 0.05) is 19.0 Å². The zero-order valence-electron chi connectivity index (χ0n) is 14.0. The van der Waals surface area contributed by atoms with Gasteiger partial charge in [-0.1, -0.05) is 17.3 Å². The van der Waals surface area contributed by atoms with E-state index in [1.165, 1.54) is 12.1 Å². The van der Waals surface area contributed by atoms with E-state index in [-0.39, 0.29) is 24.3 Å². The van der Waals surface area contributed by atoms with Crippen molar-refractivity contribution in [1.82, 2.24) is 20.4 Å². The third-order valence-electron chi connectivity index (χ3n) is 4.41. The van der Waals surface area contributed by atoms with Crippen molar-refractivity contribution >= 4 is 12.4 Å². The second-order valence-electron chi connectivity index (χ2n) is 6.20. The van der Waals surface area contributed by atoms with Gasteiger partial charge in [-0.3, -0.25) is 4.90 Å². The lowest BCUT2D eigenvalue weighted by molar-refractivity contribution is 0.201. The van der Waals surface area contributed by atoms with Gasteiger partial charge < -0.3 is 9.84 Å². The first-order valence-electron chi connectivity index (χ1n) is 8.14. The Kier molecular flexibility index (Phi) is 6.71. The Bertz CT molecular complexity index is 634. The molecule has 1 aromatic heterocycles. The molecule has 0 radical (unpaired) electrons. The number of hydrogen-bond acceptors (Lipinski definition) is 5. The van der Waals surface area contributed by atoms with Crippen LogP contribution in [-0.2, 0) is 13.0 Å². The van der Waals surface area contributed by atoms with Crippen LogP contribution in [0.1, 0.15) is 43.1 Å². The summed E-state index contributed by atoms with van der Waals surface area (Å²) in [6, 6.07) is 7.15. The number of hydrogen-bond donors (Lipinski definition) is 1. The van der Waals surface area contributed by atoms with Gasteiger partial charge in [-0.25, -0.2) is 4.39 Å². The van der Waals surface area contributed by atoms with E-state index in [0.717, 1.165) is 43.7 Å². The molecule has 0 amide bonds. The summed E-state index contributed by atoms with van der Waals surface area (Å²) in [4.78, 5) is 6.89. The van der Waals surface area contributed by atoms with Gasteiger partial charge >= 0.3 is 0 Å². The Balaban J connectivity index is 0.00000208. The minimum absolute atomic E-state index is 0. The lowest BCUT2D eigenvalue weighted by Gasteiger charge is -2.21. The fourth-order valence-electron chi connectivity index (χ4n) is 2.98. The van der Waals surface area contributed by atoms with Crippen LogP contribution in [0.15, 0.2) is 28.8 Å². The molecular formula is C17H24ClFN4O. The molecule has 2 heterocycles. The predicted molar refractivity (Wildman–Crippen MR) is 92.6 cm³/mol. The van der Waals surface area contributed by atoms with Crippen molar-refractivity contribution in [2.75, 3.05) is 13.6 Å². The van der Waals surface area contributed by atoms with Gasteiger partial charge in [0.1, 0.15) is 5.82 Å². The topological polar surface area (TPSA) is 54.2 Å². The molecule has 2 atom stereocenters. The largest absolute Gasteiger partial charge is 0.338 e. The standard InChI is InChI=1S/C17H23FN4O.ClH/c1-12(19-2)10-16-20-17(23-21-16)15-4-3-9-22(15)11-13-5-7-14(18)8-6-13;/h5-8,12,15,19H,3-4,9-11H2,1-2H3;1H. The molecule has 0 bridgehead atoms. The zero-order chi connectivity index (χ0) is 16.2. The first-order valence-corrected chi connectivity index (χ1v) is 8.14. The smallest absolute Gasteiger partial charge is 0.244 e. The quantitative estimate of drug-likeness (QED) is 0.863. The molecule has 3 rings (SSSR count). The maximum atomic E-state index is 13.0. The van der Waals surface area contributed by atoms with E-state index in [1.807, 2.05) is 19.2 Å². The second-order valence-corrected chi connectivity index (χ2v) is 6.20. The molecule has 132 valence electrons. The van der Waals surface area contributed by atoms with Gasteiger partial charge in [0.25, 0.3) is 0 Å². The number of nitrogens with one attached hydrogen (secondary N) is 1. The molecule has 1 saturated heterocycles. The van der Waals surface area contributed by atoms with Crippen LogP contribution in [0.2, 0.25) is 0 Å². The summed E-state index contributed by atoms with van der Waals surface area (Å²) in [6.07, 6.45) is 2.88. The lowest BCUT2D eigenvalue weighted by atomic mass is 10.1. The monoisotopic (exact) mass is 354 g/mol. The molecule has 1 aliphatic rings. The highest BCUT2D eigenvalue weighted by molar-refractivity contribution is 5.85. The Morgan fingerprint density at radius 1 is 1.38 bits per heavy atom. The van der Waals surface area contributed by atoms with Crippen LogP contribution < -0.4 is 5.32 Å². The van der Waals surface area contributed by atoms with Crippen molar-refractivity contribution in [3.05, 3.63) is 47.4 Å². The van der Waals surface area contributed by atoms with Crippen LogP contribution in [0.4, 0.5) is 4.39 Å². The van der Waals surface area contributed by atoms with Gasteiger partial charge in [0.2, 0.25) is 5.89 Å². The number of likely N-dealkylation sites (tertiary alicyclic amines) is 1. The van der Waals surface area contributed by atoms with Gasteiger partial charge in [0.15, 0.2) is 5.82 Å². The molecular weight excluding hydrogens is 331 g/mol. The van der Waals surface area contributed by atoms with Crippen LogP contribution >= 0.6 is 12.4 Å². The number of rotatable bonds is 6. The number of likely N-dealkylation sites (N-methyl/N-ethyl adjacent to an activating group) is 1. The summed E-state index contributed by atoms with van der Waals surface area (Å²) in [6.45, 7) is 3.86. The molecule has 2 aromatic rings. The van der Waals surface area contributed by atoms with Crippen LogP contribution in [0.5, 0.6) is 0 Å². The van der Waals surface area contributed by atoms with Gasteiger partial charge in [-0.2, -0.15) is 4.98 Å². The van der Waals surface area contributed by atoms with E-state index in [9.17, 15) is 4.39 Å². The summed E-state index contributed by atoms with van der Waals surface area (Å²) in [5.41, 5.74) is 1.10. The maximum absolute atomic E-state index is 13.0. The van der Waals surface area contributed by atoms with Crippen LogP contribution in [0.25, 0.3) is 0 Å². The summed E-state index contributed by atoms with van der Waals surface area (Å²) >= 11 is 0. The molecule has 5 nitrogen and oxygen atoms in total. The number of aromatic nitrogens is 2. The Morgan fingerprint density at radius 2 is 2.12 bits per heavy atom. The van der Waals surface area contributed by atoms with E-state index in [1.54, 1.807) is 0 Å². The van der Waals surface area contributed by atoms with E-state index in [2.05, 4.69) is 27.3 Å². The van der Waals surface area contributed by atoms with Crippen molar-refractivity contribution in [2.24, 2.45) is 0 Å². The Morgan fingerprint density at radius 3 is 2.83 bits per heavy atom. The van der Waals surface area contributed by atoms with Crippen molar-refractivity contribution in [3.63, 3.8) is 0 Å². The highest BCUT2D eigenvalue weighted by atomic mass is 35.5. The molecule has 1 fully saturated rings. The zero-order valence-corrected chi connectivity index (χ0v) is 14.9. The molecule has 1 N–H and O–H groups in total. The summed E-state index contributed by atoms with van der Waals surface area (Å²) in [5.74, 6) is 1.24. The molecule has 1 aliphatic heterocycles. The van der Waals surface area contributed by atoms with Crippen molar-refractivity contribution in [3.8, 4) is 0 Å². The first kappa shape index (κ1) is 18.8. The molecule has 0 saturated carbocycles. The summed E-state index contributed by atoms with van der Waals surface area (Å²) in [5, 5.41) is 7.27. The Hall–Kier alpha value is -1.50. The molecule has 0 spiro atoms. The van der Waals surface area contributed by atoms with Crippen LogP contribution in [-0.4, -0.2) is 34.7 Å². The average molecular weight is 355 g/mol. The maximum Gasteiger partial charge on any atom is 0.244 e. The molecule has 24 heavy (non-hydrogen) atoms. The van der Waals surface area contributed by atoms with Gasteiger partial charge in [-0.15, -0.1) is 12.4 Å². The fourth-order valence-corrected chi connectivity index (χ4v) is 2.98. The number of halogens is 2. The third-order valence-corrected chi connectivity index (χ3v) is 4.41. The molecule has 2 unspecified atom stereocenters. The lowest BCUT2D eigenvalue weighted by Crippen LogP contribution is -2.24. The highest BCUT2D eigenvalue weighted by Crippen LogP contribution is 2.32. The SMILES string of the molecule is CNC(C)Cc1noc(C2CCCN2Cc2ccc(F)cc2)n1.Cl. The fraction of sp³-hybridized carbons (Fsp3) is 0.529. The second kappa shape index (κ2) is 8.55. The van der Waals surface area contributed by atoms with Gasteiger partial charge in [-0.05, 0) is 51.1 Å². The first-order chi connectivity index (χ1) is 11.2. The molecule has 1 aromatic carbocycles. The predicted octanol–water partition coefficient (Wildman–Crippen LogP) is 3.12. The average Bonchev–Trinajstić information content (AvgIpc) is 3.18. The van der Waals surface area contributed by atoms with Crippen LogP contribution in [0.3, 0.4) is 0 Å². The molecule has 7 heteroatoms. The normalized spacial score (nSPS) is 19.2. The van der Waals surface area contributed by atoms with Crippen LogP contribution in [0, 0.1) is 5.82 Å². The third kappa shape index (κ3) is 4.53. The van der Waals surface area contributed by atoms with Gasteiger partial charge in [0.05, 0.1) is 6.04 Å². The van der Waals surface area contributed by atoms with E-state index >= 15 is 0 Å². The summed E-state index contributed by atoms with van der Waals surface area (Å²) in [7, 11) is 1.92. The molecule has 0 aliphatic carbocycles. The highest BCUT2D eigenvalue weighted by Gasteiger charge is 2.30. The number of nitrogens with zero attached hydrogens (tertiary/aromatic N) is 3.